The molecule has 6 nitrogen and oxygen atoms in total. The molecule has 2 aromatic heterocycles. The van der Waals surface area contributed by atoms with Crippen LogP contribution in [0.3, 0.4) is 0 Å². The van der Waals surface area contributed by atoms with Crippen molar-refractivity contribution in [2.75, 3.05) is 23.8 Å². The zero-order valence-corrected chi connectivity index (χ0v) is 10.3. The fraction of sp³-hybridized carbons (Fsp3) is 0.250. The van der Waals surface area contributed by atoms with Crippen LogP contribution >= 0.6 is 0 Å². The predicted octanol–water partition coefficient (Wildman–Crippen LogP) is 1.82. The zero-order chi connectivity index (χ0) is 13.0. The molecule has 2 heterocycles. The zero-order valence-electron chi connectivity index (χ0n) is 10.3. The van der Waals surface area contributed by atoms with Crippen molar-refractivity contribution in [3.05, 3.63) is 30.4 Å². The van der Waals surface area contributed by atoms with Crippen molar-refractivity contribution < 1.29 is 0 Å². The van der Waals surface area contributed by atoms with Crippen molar-refractivity contribution in [2.24, 2.45) is 0 Å². The Bertz CT molecular complexity index is 554. The number of anilines is 3. The molecule has 2 N–H and O–H groups in total. The average molecular weight is 242 g/mol. The smallest absolute Gasteiger partial charge is 0.138 e. The minimum absolute atomic E-state index is 0.226. The van der Waals surface area contributed by atoms with Crippen LogP contribution in [0.15, 0.2) is 24.5 Å². The minimum atomic E-state index is 0.226. The van der Waals surface area contributed by atoms with E-state index in [2.05, 4.69) is 20.3 Å². The molecule has 0 spiro atoms. The van der Waals surface area contributed by atoms with Gasteiger partial charge in [0.2, 0.25) is 0 Å². The summed E-state index contributed by atoms with van der Waals surface area (Å²) in [6.45, 7) is 2.05. The van der Waals surface area contributed by atoms with Crippen molar-refractivity contribution in [3.63, 3.8) is 0 Å². The van der Waals surface area contributed by atoms with Crippen LogP contribution in [-0.4, -0.2) is 28.5 Å². The summed E-state index contributed by atoms with van der Waals surface area (Å²) in [4.78, 5) is 13.6. The highest BCUT2D eigenvalue weighted by Crippen LogP contribution is 2.22. The molecule has 0 saturated heterocycles. The van der Waals surface area contributed by atoms with Gasteiger partial charge in [-0.2, -0.15) is 5.26 Å². The van der Waals surface area contributed by atoms with Crippen molar-refractivity contribution in [1.29, 1.82) is 5.26 Å². The highest BCUT2D eigenvalue weighted by atomic mass is 15.2. The van der Waals surface area contributed by atoms with Gasteiger partial charge >= 0.3 is 0 Å². The van der Waals surface area contributed by atoms with Gasteiger partial charge in [-0.1, -0.05) is 0 Å². The van der Waals surface area contributed by atoms with Crippen LogP contribution in [0, 0.1) is 18.3 Å². The third-order valence-corrected chi connectivity index (χ3v) is 2.49. The van der Waals surface area contributed by atoms with E-state index in [0.29, 0.717) is 11.6 Å². The van der Waals surface area contributed by atoms with Gasteiger partial charge in [0.15, 0.2) is 0 Å². The lowest BCUT2D eigenvalue weighted by molar-refractivity contribution is 1.01. The Labute approximate surface area is 105 Å². The van der Waals surface area contributed by atoms with Gasteiger partial charge in [0.05, 0.1) is 11.8 Å². The number of aromatic nitrogens is 3. The molecule has 6 heteroatoms. The van der Waals surface area contributed by atoms with Gasteiger partial charge in [-0.3, -0.25) is 0 Å². The fourth-order valence-electron chi connectivity index (χ4n) is 1.60. The third-order valence-electron chi connectivity index (χ3n) is 2.49. The molecule has 0 aliphatic carbocycles. The fourth-order valence-corrected chi connectivity index (χ4v) is 1.60. The number of hydrogen-bond acceptors (Lipinski definition) is 5. The van der Waals surface area contributed by atoms with E-state index in [1.807, 2.05) is 49.5 Å². The number of aryl methyl sites for hydroxylation is 1. The quantitative estimate of drug-likeness (QED) is 0.799. The van der Waals surface area contributed by atoms with Crippen LogP contribution in [0.1, 0.15) is 5.82 Å². The first-order valence-corrected chi connectivity index (χ1v) is 5.53. The Morgan fingerprint density at radius 3 is 3.00 bits per heavy atom. The van der Waals surface area contributed by atoms with Crippen molar-refractivity contribution in [2.45, 2.75) is 6.92 Å². The first-order chi connectivity index (χ1) is 8.70. The minimum Gasteiger partial charge on any atom is -0.366 e. The molecule has 0 fully saturated rings. The molecule has 0 atom stereocenters. The number of rotatable bonds is 4. The summed E-state index contributed by atoms with van der Waals surface area (Å²) in [5.74, 6) is 2.10. The molecule has 0 aliphatic heterocycles. The average Bonchev–Trinajstić information content (AvgIpc) is 2.88. The van der Waals surface area contributed by atoms with Crippen molar-refractivity contribution >= 4 is 17.3 Å². The topological polar surface area (TPSA) is 80.6 Å². The second-order valence-corrected chi connectivity index (χ2v) is 3.80. The summed E-state index contributed by atoms with van der Waals surface area (Å²) in [7, 11) is 1.93. The van der Waals surface area contributed by atoms with E-state index in [4.69, 9.17) is 5.26 Å². The molecule has 0 aromatic carbocycles. The summed E-state index contributed by atoms with van der Waals surface area (Å²) in [6.07, 6.45) is 3.74. The van der Waals surface area contributed by atoms with Gasteiger partial charge in [-0.15, -0.1) is 0 Å². The molecule has 92 valence electrons. The molecule has 18 heavy (non-hydrogen) atoms. The third kappa shape index (κ3) is 2.58. The first-order valence-electron chi connectivity index (χ1n) is 5.53. The second-order valence-electron chi connectivity index (χ2n) is 3.80. The van der Waals surface area contributed by atoms with E-state index in [9.17, 15) is 0 Å². The lowest BCUT2D eigenvalue weighted by Crippen LogP contribution is -2.13. The van der Waals surface area contributed by atoms with E-state index in [-0.39, 0.29) is 6.54 Å². The van der Waals surface area contributed by atoms with Crippen LogP contribution in [-0.2, 0) is 0 Å². The van der Waals surface area contributed by atoms with Crippen LogP contribution < -0.4 is 10.2 Å². The summed E-state index contributed by atoms with van der Waals surface area (Å²) < 4.78 is 0. The highest BCUT2D eigenvalue weighted by Gasteiger charge is 2.08. The SMILES string of the molecule is Cc1nc(NCC#N)cc(N(C)c2cc[nH]c2)n1. The Morgan fingerprint density at radius 1 is 1.50 bits per heavy atom. The van der Waals surface area contributed by atoms with E-state index in [0.717, 1.165) is 11.5 Å². The van der Waals surface area contributed by atoms with Crippen molar-refractivity contribution in [1.82, 2.24) is 15.0 Å². The summed E-state index contributed by atoms with van der Waals surface area (Å²) in [5.41, 5.74) is 1.01. The molecular weight excluding hydrogens is 228 g/mol. The number of aromatic amines is 1. The lowest BCUT2D eigenvalue weighted by Gasteiger charge is -2.17. The predicted molar refractivity (Wildman–Crippen MR) is 69.7 cm³/mol. The Kier molecular flexibility index (Phi) is 3.44. The van der Waals surface area contributed by atoms with Gasteiger partial charge in [0, 0.05) is 25.5 Å². The molecule has 2 rings (SSSR count). The number of nitrogens with zero attached hydrogens (tertiary/aromatic N) is 4. The molecule has 2 aromatic rings. The van der Waals surface area contributed by atoms with Crippen LogP contribution in [0.5, 0.6) is 0 Å². The Balaban J connectivity index is 2.28. The van der Waals surface area contributed by atoms with E-state index in [1.165, 1.54) is 0 Å². The van der Waals surface area contributed by atoms with E-state index < -0.39 is 0 Å². The van der Waals surface area contributed by atoms with Crippen molar-refractivity contribution in [3.8, 4) is 6.07 Å². The first kappa shape index (κ1) is 11.9. The van der Waals surface area contributed by atoms with Crippen LogP contribution in [0.4, 0.5) is 17.3 Å². The van der Waals surface area contributed by atoms with E-state index >= 15 is 0 Å². The molecule has 0 amide bonds. The molecule has 0 radical (unpaired) electrons. The van der Waals surface area contributed by atoms with Gasteiger partial charge in [-0.25, -0.2) is 9.97 Å². The molecule has 0 aliphatic rings. The maximum absolute atomic E-state index is 8.56. The van der Waals surface area contributed by atoms with E-state index in [1.54, 1.807) is 0 Å². The molecule has 0 unspecified atom stereocenters. The van der Waals surface area contributed by atoms with Gasteiger partial charge in [0.25, 0.3) is 0 Å². The number of nitrogens with one attached hydrogen (secondary N) is 2. The van der Waals surface area contributed by atoms with Crippen LogP contribution in [0.2, 0.25) is 0 Å². The summed E-state index contributed by atoms with van der Waals surface area (Å²) in [6, 6.07) is 5.80. The molecular formula is C12H14N6. The maximum atomic E-state index is 8.56. The number of nitriles is 1. The maximum Gasteiger partial charge on any atom is 0.138 e. The normalized spacial score (nSPS) is 9.83. The number of H-pyrrole nitrogens is 1. The molecule has 0 bridgehead atoms. The Morgan fingerprint density at radius 2 is 2.33 bits per heavy atom. The standard InChI is InChI=1S/C12H14N6/c1-9-16-11(15-6-4-13)7-12(17-9)18(2)10-3-5-14-8-10/h3,5,7-8,14H,6H2,1-2H3,(H,15,16,17). The summed E-state index contributed by atoms with van der Waals surface area (Å²) >= 11 is 0. The highest BCUT2D eigenvalue weighted by molar-refractivity contribution is 5.61. The Hall–Kier alpha value is -2.55. The van der Waals surface area contributed by atoms with Gasteiger partial charge in [0.1, 0.15) is 24.0 Å². The lowest BCUT2D eigenvalue weighted by atomic mass is 10.4. The second kappa shape index (κ2) is 5.19. The van der Waals surface area contributed by atoms with Gasteiger partial charge < -0.3 is 15.2 Å². The summed E-state index contributed by atoms with van der Waals surface area (Å²) in [5, 5.41) is 11.5. The largest absolute Gasteiger partial charge is 0.366 e. The van der Waals surface area contributed by atoms with Crippen LogP contribution in [0.25, 0.3) is 0 Å². The number of hydrogen-bond donors (Lipinski definition) is 2. The molecule has 0 saturated carbocycles. The van der Waals surface area contributed by atoms with Gasteiger partial charge in [-0.05, 0) is 13.0 Å². The monoisotopic (exact) mass is 242 g/mol.